The van der Waals surface area contributed by atoms with Crippen molar-refractivity contribution in [1.82, 2.24) is 0 Å². The van der Waals surface area contributed by atoms with Crippen LogP contribution in [0.1, 0.15) is 41.5 Å². The third-order valence-corrected chi connectivity index (χ3v) is 0. The minimum absolute atomic E-state index is 0.167. The summed E-state index contributed by atoms with van der Waals surface area (Å²) in [6.07, 6.45) is -0.500. The molecule has 0 radical (unpaired) electrons. The van der Waals surface area contributed by atoms with Gasteiger partial charge < -0.3 is 15.3 Å². The molecule has 0 atom stereocenters. The monoisotopic (exact) mass is 280 g/mol. The first-order valence-corrected chi connectivity index (χ1v) is 6.57. The number of aliphatic hydroxyl groups is 3. The van der Waals surface area contributed by atoms with Crippen molar-refractivity contribution in [3.8, 4) is 0 Å². The molecule has 0 aliphatic rings. The Morgan fingerprint density at radius 2 is 0.688 bits per heavy atom. The van der Waals surface area contributed by atoms with Crippen LogP contribution in [0.2, 0.25) is 0 Å². The van der Waals surface area contributed by atoms with E-state index < -0.39 is 15.4 Å². The summed E-state index contributed by atoms with van der Waals surface area (Å²) in [5, 5.41) is 24.2. The van der Waals surface area contributed by atoms with Crippen LogP contribution in [-0.4, -0.2) is 37.7 Å². The van der Waals surface area contributed by atoms with Gasteiger partial charge in [-0.2, -0.15) is 0 Å². The van der Waals surface area contributed by atoms with E-state index in [1.165, 1.54) is 0 Å². The average Bonchev–Trinajstić information content (AvgIpc) is 1.76. The Morgan fingerprint density at radius 3 is 0.688 bits per heavy atom. The Hall–Kier alpha value is 0.0244. The van der Waals surface area contributed by atoms with E-state index in [0.717, 1.165) is 0 Å². The van der Waals surface area contributed by atoms with Crippen LogP contribution < -0.4 is 0 Å². The maximum absolute atomic E-state index is 8.67. The maximum atomic E-state index is 8.67. The van der Waals surface area contributed by atoms with Gasteiger partial charge in [0.05, 0.1) is 0 Å². The van der Waals surface area contributed by atoms with Crippen molar-refractivity contribution in [2.75, 3.05) is 0 Å². The molecule has 0 aliphatic heterocycles. The molecule has 0 aromatic rings. The molecule has 0 aromatic heterocycles. The summed E-state index contributed by atoms with van der Waals surface area (Å²) in [7, 11) is 0. The van der Waals surface area contributed by atoms with E-state index in [0.29, 0.717) is 0 Å². The van der Waals surface area contributed by atoms with Gasteiger partial charge in [0.1, 0.15) is 0 Å². The zero-order valence-corrected chi connectivity index (χ0v) is 12.2. The Labute approximate surface area is 102 Å². The van der Waals surface area contributed by atoms with Gasteiger partial charge in [-0.05, 0) is 41.5 Å². The van der Waals surface area contributed by atoms with Crippen molar-refractivity contribution >= 4 is 0 Å². The predicted molar refractivity (Wildman–Crippen MR) is 55.7 cm³/mol. The fourth-order valence-electron chi connectivity index (χ4n) is 0. The van der Waals surface area contributed by atoms with Crippen LogP contribution in [0.4, 0.5) is 0 Å². The summed E-state index contributed by atoms with van der Waals surface area (Å²) in [5.41, 5.74) is 0. The molecule has 0 heterocycles. The van der Waals surface area contributed by atoms with Gasteiger partial charge in [-0.25, -0.2) is 0 Å². The third-order valence-electron chi connectivity index (χ3n) is 0. The van der Waals surface area contributed by atoms with Crippen molar-refractivity contribution in [2.24, 2.45) is 0 Å². The second-order valence-corrected chi connectivity index (χ2v) is 4.26. The Morgan fingerprint density at radius 1 is 0.688 bits per heavy atom. The number of hydrogen-bond acceptors (Lipinski definition) is 5. The van der Waals surface area contributed by atoms with Crippen LogP contribution in [0.25, 0.3) is 0 Å². The SMILES string of the molecule is CC(C)O.CC(C)O.CC(C)O.[O]=[V](=[O])[OH]. The molecule has 16 heavy (non-hydrogen) atoms. The van der Waals surface area contributed by atoms with Crippen LogP contribution in [0.3, 0.4) is 0 Å². The molecule has 0 aromatic carbocycles. The van der Waals surface area contributed by atoms with Gasteiger partial charge in [0, 0.05) is 18.3 Å². The van der Waals surface area contributed by atoms with Gasteiger partial charge in [-0.3, -0.25) is 0 Å². The molecule has 7 heteroatoms. The van der Waals surface area contributed by atoms with Gasteiger partial charge in [0.15, 0.2) is 0 Å². The van der Waals surface area contributed by atoms with Gasteiger partial charge in [0.2, 0.25) is 0 Å². The summed E-state index contributed by atoms with van der Waals surface area (Å²) < 4.78 is 24.4. The summed E-state index contributed by atoms with van der Waals surface area (Å²) >= 11 is -3.69. The van der Waals surface area contributed by atoms with Crippen LogP contribution >= 0.6 is 0 Å². The van der Waals surface area contributed by atoms with Gasteiger partial charge in [-0.15, -0.1) is 0 Å². The Balaban J connectivity index is -0.0000000600. The van der Waals surface area contributed by atoms with Crippen LogP contribution in [-0.2, 0) is 22.7 Å². The first-order valence-electron chi connectivity index (χ1n) is 4.80. The molecule has 0 fully saturated rings. The summed E-state index contributed by atoms with van der Waals surface area (Å²) in [6.45, 7) is 10.3. The van der Waals surface area contributed by atoms with Crippen molar-refractivity contribution in [3.05, 3.63) is 0 Å². The molecule has 0 aliphatic carbocycles. The van der Waals surface area contributed by atoms with Gasteiger partial charge in [0.25, 0.3) is 0 Å². The summed E-state index contributed by atoms with van der Waals surface area (Å²) in [6, 6.07) is 0. The van der Waals surface area contributed by atoms with Crippen molar-refractivity contribution in [1.29, 1.82) is 0 Å². The second kappa shape index (κ2) is 20.4. The molecule has 0 bridgehead atoms. The van der Waals surface area contributed by atoms with E-state index in [1.54, 1.807) is 41.5 Å². The zero-order valence-electron chi connectivity index (χ0n) is 10.8. The van der Waals surface area contributed by atoms with Crippen molar-refractivity contribution in [3.63, 3.8) is 0 Å². The topological polar surface area (TPSA) is 115 Å². The van der Waals surface area contributed by atoms with E-state index in [1.807, 2.05) is 0 Å². The second-order valence-electron chi connectivity index (χ2n) is 3.52. The molecular formula is C9H25O6V. The Bertz CT molecular complexity index is 135. The van der Waals surface area contributed by atoms with E-state index in [2.05, 4.69) is 0 Å². The minimum atomic E-state index is -3.69. The van der Waals surface area contributed by atoms with Crippen LogP contribution in [0.5, 0.6) is 0 Å². The molecule has 0 saturated carbocycles. The van der Waals surface area contributed by atoms with Gasteiger partial charge in [-0.1, -0.05) is 0 Å². The fourth-order valence-corrected chi connectivity index (χ4v) is 0. The van der Waals surface area contributed by atoms with Crippen LogP contribution in [0, 0.1) is 0 Å². The normalized spacial score (nSPS) is 8.31. The quantitative estimate of drug-likeness (QED) is 0.509. The van der Waals surface area contributed by atoms with E-state index in [-0.39, 0.29) is 18.3 Å². The summed E-state index contributed by atoms with van der Waals surface area (Å²) in [4.78, 5) is 0. The van der Waals surface area contributed by atoms with Crippen molar-refractivity contribution in [2.45, 2.75) is 59.9 Å². The van der Waals surface area contributed by atoms with E-state index in [4.69, 9.17) is 26.7 Å². The van der Waals surface area contributed by atoms with Crippen LogP contribution in [0.15, 0.2) is 0 Å². The van der Waals surface area contributed by atoms with E-state index in [9.17, 15) is 0 Å². The Kier molecular flexibility index (Phi) is 32.0. The molecule has 0 saturated heterocycles. The summed E-state index contributed by atoms with van der Waals surface area (Å²) in [5.74, 6) is 0. The number of rotatable bonds is 0. The zero-order chi connectivity index (χ0) is 14.3. The molecule has 0 unspecified atom stereocenters. The molecule has 4 N–H and O–H groups in total. The van der Waals surface area contributed by atoms with Gasteiger partial charge >= 0.3 is 26.8 Å². The molecule has 102 valence electrons. The molecule has 0 spiro atoms. The third kappa shape index (κ3) is 3990000. The van der Waals surface area contributed by atoms with Crippen molar-refractivity contribution < 1.29 is 42.1 Å². The van der Waals surface area contributed by atoms with E-state index >= 15 is 0 Å². The predicted octanol–water partition coefficient (Wildman–Crippen LogP) is 0.364. The molecule has 0 rings (SSSR count). The standard InChI is InChI=1S/3C3H8O.H2O.2O.V/c3*1-3(2)4;;;;/h3*3-4H,1-2H3;1H2;;;/q;;;;;;+1/p-1. The first kappa shape index (κ1) is 25.0. The molecule has 6 nitrogen and oxygen atoms in total. The molecular weight excluding hydrogens is 255 g/mol. The number of hydrogen-bond donors (Lipinski definition) is 4. The average molecular weight is 280 g/mol. The first-order chi connectivity index (χ1) is 6.93. The fraction of sp³-hybridized carbons (Fsp3) is 1.00. The molecule has 0 amide bonds. The number of aliphatic hydroxyl groups excluding tert-OH is 3.